The number of hydrogen-bond acceptors (Lipinski definition) is 2. The lowest BCUT2D eigenvalue weighted by Crippen LogP contribution is -2.32. The van der Waals surface area contributed by atoms with Gasteiger partial charge < -0.3 is 14.5 Å². The number of carbonyl (C=O) groups is 1. The van der Waals surface area contributed by atoms with E-state index in [2.05, 4.69) is 5.32 Å². The fourth-order valence-electron chi connectivity index (χ4n) is 1.85. The van der Waals surface area contributed by atoms with Crippen LogP contribution in [0, 0.1) is 0 Å². The van der Waals surface area contributed by atoms with Gasteiger partial charge in [-0.3, -0.25) is 9.59 Å². The van der Waals surface area contributed by atoms with E-state index in [0.717, 1.165) is 13.0 Å². The summed E-state index contributed by atoms with van der Waals surface area (Å²) in [7, 11) is 1.63. The van der Waals surface area contributed by atoms with Gasteiger partial charge in [0.1, 0.15) is 5.56 Å². The number of aryl methyl sites for hydroxylation is 2. The van der Waals surface area contributed by atoms with Crippen molar-refractivity contribution in [3.05, 3.63) is 58.8 Å². The molecular weight excluding hydrogens is 242 g/mol. The Hall–Kier alpha value is -2.30. The Morgan fingerprint density at radius 1 is 1.21 bits per heavy atom. The Kier molecular flexibility index (Phi) is 4.18. The molecule has 2 aromatic rings. The highest BCUT2D eigenvalue weighted by Crippen LogP contribution is 1.94. The van der Waals surface area contributed by atoms with E-state index in [1.165, 1.54) is 4.57 Å². The van der Waals surface area contributed by atoms with Gasteiger partial charge in [0.15, 0.2) is 0 Å². The van der Waals surface area contributed by atoms with Crippen LogP contribution in [0.25, 0.3) is 0 Å². The number of pyridine rings is 1. The van der Waals surface area contributed by atoms with Crippen molar-refractivity contribution >= 4 is 5.91 Å². The van der Waals surface area contributed by atoms with E-state index in [9.17, 15) is 9.59 Å². The molecule has 5 heteroatoms. The quantitative estimate of drug-likeness (QED) is 0.815. The van der Waals surface area contributed by atoms with Crippen LogP contribution in [0.1, 0.15) is 16.8 Å². The summed E-state index contributed by atoms with van der Waals surface area (Å²) >= 11 is 0. The summed E-state index contributed by atoms with van der Waals surface area (Å²) in [6.07, 6.45) is 6.42. The highest BCUT2D eigenvalue weighted by molar-refractivity contribution is 5.93. The Morgan fingerprint density at radius 2 is 1.95 bits per heavy atom. The molecule has 0 spiro atoms. The fraction of sp³-hybridized carbons (Fsp3) is 0.286. The third kappa shape index (κ3) is 3.34. The fourth-order valence-corrected chi connectivity index (χ4v) is 1.85. The minimum atomic E-state index is -0.311. The standard InChI is InChI=1S/C14H17N3O2/c1-16-8-4-6-12(14(16)19)13(18)15-7-5-11-17-9-2-3-10-17/h2-4,6,8-10H,5,7,11H2,1H3,(H,15,18). The zero-order valence-electron chi connectivity index (χ0n) is 10.9. The van der Waals surface area contributed by atoms with Gasteiger partial charge in [0, 0.05) is 38.7 Å². The van der Waals surface area contributed by atoms with Crippen molar-refractivity contribution in [2.45, 2.75) is 13.0 Å². The molecule has 0 saturated carbocycles. The van der Waals surface area contributed by atoms with Gasteiger partial charge in [-0.2, -0.15) is 0 Å². The number of hydrogen-bond donors (Lipinski definition) is 1. The Balaban J connectivity index is 1.84. The predicted octanol–water partition coefficient (Wildman–Crippen LogP) is 1.01. The van der Waals surface area contributed by atoms with Crippen LogP contribution in [-0.2, 0) is 13.6 Å². The highest BCUT2D eigenvalue weighted by Gasteiger charge is 2.09. The molecular formula is C14H17N3O2. The largest absolute Gasteiger partial charge is 0.354 e. The van der Waals surface area contributed by atoms with Crippen LogP contribution in [-0.4, -0.2) is 21.6 Å². The molecule has 19 heavy (non-hydrogen) atoms. The van der Waals surface area contributed by atoms with E-state index in [-0.39, 0.29) is 17.0 Å². The molecule has 0 bridgehead atoms. The molecule has 0 atom stereocenters. The summed E-state index contributed by atoms with van der Waals surface area (Å²) in [4.78, 5) is 23.6. The molecule has 0 aromatic carbocycles. The first kappa shape index (κ1) is 13.1. The molecule has 0 fully saturated rings. The van der Waals surface area contributed by atoms with Crippen molar-refractivity contribution in [3.8, 4) is 0 Å². The molecule has 2 rings (SSSR count). The van der Waals surface area contributed by atoms with E-state index in [1.807, 2.05) is 29.1 Å². The summed E-state index contributed by atoms with van der Waals surface area (Å²) in [5.74, 6) is -0.311. The lowest BCUT2D eigenvalue weighted by atomic mass is 10.2. The molecule has 2 heterocycles. The Bertz CT molecular complexity index is 599. The second-order valence-corrected chi connectivity index (χ2v) is 4.37. The average molecular weight is 259 g/mol. The van der Waals surface area contributed by atoms with Crippen molar-refractivity contribution < 1.29 is 4.79 Å². The number of aromatic nitrogens is 2. The number of rotatable bonds is 5. The molecule has 1 N–H and O–H groups in total. The molecule has 0 aliphatic rings. The molecule has 0 saturated heterocycles. The topological polar surface area (TPSA) is 56.0 Å². The molecule has 1 amide bonds. The van der Waals surface area contributed by atoms with Crippen LogP contribution < -0.4 is 10.9 Å². The highest BCUT2D eigenvalue weighted by atomic mass is 16.2. The van der Waals surface area contributed by atoms with Gasteiger partial charge in [-0.25, -0.2) is 0 Å². The summed E-state index contributed by atoms with van der Waals surface area (Å²) < 4.78 is 3.45. The molecule has 0 aliphatic carbocycles. The maximum atomic E-state index is 11.8. The number of nitrogens with zero attached hydrogens (tertiary/aromatic N) is 2. The van der Waals surface area contributed by atoms with Crippen molar-refractivity contribution in [1.29, 1.82) is 0 Å². The van der Waals surface area contributed by atoms with Crippen LogP contribution >= 0.6 is 0 Å². The third-order valence-electron chi connectivity index (χ3n) is 2.91. The number of nitrogens with one attached hydrogen (secondary N) is 1. The first-order valence-electron chi connectivity index (χ1n) is 6.23. The monoisotopic (exact) mass is 259 g/mol. The van der Waals surface area contributed by atoms with Crippen molar-refractivity contribution in [1.82, 2.24) is 14.5 Å². The lowest BCUT2D eigenvalue weighted by Gasteiger charge is -2.06. The van der Waals surface area contributed by atoms with Gasteiger partial charge in [0.05, 0.1) is 0 Å². The average Bonchev–Trinajstić information content (AvgIpc) is 2.91. The Morgan fingerprint density at radius 3 is 2.68 bits per heavy atom. The zero-order valence-corrected chi connectivity index (χ0v) is 10.9. The van der Waals surface area contributed by atoms with Crippen LogP contribution in [0.4, 0.5) is 0 Å². The van der Waals surface area contributed by atoms with E-state index >= 15 is 0 Å². The zero-order chi connectivity index (χ0) is 13.7. The van der Waals surface area contributed by atoms with Crippen molar-refractivity contribution in [3.63, 3.8) is 0 Å². The minimum Gasteiger partial charge on any atom is -0.354 e. The van der Waals surface area contributed by atoms with Gasteiger partial charge in [-0.1, -0.05) is 0 Å². The van der Waals surface area contributed by atoms with E-state index in [0.29, 0.717) is 6.54 Å². The van der Waals surface area contributed by atoms with Gasteiger partial charge in [0.2, 0.25) is 0 Å². The van der Waals surface area contributed by atoms with Crippen LogP contribution in [0.3, 0.4) is 0 Å². The molecule has 5 nitrogen and oxygen atoms in total. The first-order valence-corrected chi connectivity index (χ1v) is 6.23. The maximum Gasteiger partial charge on any atom is 0.263 e. The van der Waals surface area contributed by atoms with Crippen LogP contribution in [0.15, 0.2) is 47.7 Å². The summed E-state index contributed by atoms with van der Waals surface area (Å²) in [6.45, 7) is 1.40. The minimum absolute atomic E-state index is 0.186. The SMILES string of the molecule is Cn1cccc(C(=O)NCCCn2cccc2)c1=O. The summed E-state index contributed by atoms with van der Waals surface area (Å²) in [5.41, 5.74) is -0.0867. The van der Waals surface area contributed by atoms with Gasteiger partial charge in [0.25, 0.3) is 11.5 Å². The van der Waals surface area contributed by atoms with E-state index in [1.54, 1.807) is 25.4 Å². The smallest absolute Gasteiger partial charge is 0.263 e. The van der Waals surface area contributed by atoms with Crippen LogP contribution in [0.2, 0.25) is 0 Å². The summed E-state index contributed by atoms with van der Waals surface area (Å²) in [5, 5.41) is 2.76. The van der Waals surface area contributed by atoms with E-state index in [4.69, 9.17) is 0 Å². The number of amides is 1. The third-order valence-corrected chi connectivity index (χ3v) is 2.91. The van der Waals surface area contributed by atoms with Gasteiger partial charge in [-0.05, 0) is 30.7 Å². The van der Waals surface area contributed by atoms with Gasteiger partial charge >= 0.3 is 0 Å². The summed E-state index contributed by atoms with van der Waals surface area (Å²) in [6, 6.07) is 7.16. The number of carbonyl (C=O) groups excluding carboxylic acids is 1. The molecule has 0 aliphatic heterocycles. The van der Waals surface area contributed by atoms with Crippen molar-refractivity contribution in [2.24, 2.45) is 7.05 Å². The Labute approximate surface area is 111 Å². The molecule has 0 unspecified atom stereocenters. The second kappa shape index (κ2) is 6.04. The normalized spacial score (nSPS) is 10.4. The van der Waals surface area contributed by atoms with Crippen LogP contribution in [0.5, 0.6) is 0 Å². The second-order valence-electron chi connectivity index (χ2n) is 4.37. The predicted molar refractivity (Wildman–Crippen MR) is 73.1 cm³/mol. The van der Waals surface area contributed by atoms with E-state index < -0.39 is 0 Å². The van der Waals surface area contributed by atoms with Crippen molar-refractivity contribution in [2.75, 3.05) is 6.54 Å². The first-order chi connectivity index (χ1) is 9.18. The molecule has 2 aromatic heterocycles. The maximum absolute atomic E-state index is 11.8. The molecule has 100 valence electrons. The van der Waals surface area contributed by atoms with Gasteiger partial charge in [-0.15, -0.1) is 0 Å². The lowest BCUT2D eigenvalue weighted by molar-refractivity contribution is 0.0950. The molecule has 0 radical (unpaired) electrons.